The molecule has 0 aromatic rings. The van der Waals surface area contributed by atoms with Crippen LogP contribution in [0.2, 0.25) is 0 Å². The molecule has 0 amide bonds. The maximum Gasteiger partial charge on any atom is 0.395 e. The molecule has 1 saturated heterocycles. The number of hydrogen-bond acceptors (Lipinski definition) is 1. The molecule has 0 aromatic carbocycles. The Balaban J connectivity index is 2.69. The second-order valence-electron chi connectivity index (χ2n) is 3.87. The molecule has 1 rings (SSSR count). The summed E-state index contributed by atoms with van der Waals surface area (Å²) in [7, 11) is 0. The van der Waals surface area contributed by atoms with E-state index in [4.69, 9.17) is 0 Å². The topological polar surface area (TPSA) is 12.0 Å². The van der Waals surface area contributed by atoms with E-state index in [9.17, 15) is 13.2 Å². The monoisotopic (exact) mass is 181 g/mol. The number of nitrogens with one attached hydrogen (secondary N) is 1. The highest BCUT2D eigenvalue weighted by Crippen LogP contribution is 2.42. The molecule has 1 fully saturated rings. The summed E-state index contributed by atoms with van der Waals surface area (Å²) in [6, 6.07) is -0.405. The number of alkyl halides is 3. The highest BCUT2D eigenvalue weighted by molar-refractivity contribution is 4.92. The van der Waals surface area contributed by atoms with E-state index < -0.39 is 17.6 Å². The average molecular weight is 181 g/mol. The Morgan fingerprint density at radius 1 is 1.25 bits per heavy atom. The van der Waals surface area contributed by atoms with Gasteiger partial charge in [0.05, 0.1) is 5.41 Å². The van der Waals surface area contributed by atoms with Gasteiger partial charge in [0.1, 0.15) is 0 Å². The second kappa shape index (κ2) is 2.91. The minimum absolute atomic E-state index is 0.405. The lowest BCUT2D eigenvalue weighted by atomic mass is 9.83. The van der Waals surface area contributed by atoms with E-state index in [0.717, 1.165) is 6.42 Å². The summed E-state index contributed by atoms with van der Waals surface area (Å²) in [5, 5.41) is 2.88. The third-order valence-electron chi connectivity index (χ3n) is 2.66. The summed E-state index contributed by atoms with van der Waals surface area (Å²) in [4.78, 5) is 0. The third kappa shape index (κ3) is 1.58. The van der Waals surface area contributed by atoms with Crippen LogP contribution in [0.25, 0.3) is 0 Å². The van der Waals surface area contributed by atoms with E-state index >= 15 is 0 Å². The Kier molecular flexibility index (Phi) is 2.38. The molecule has 0 bridgehead atoms. The molecule has 1 nitrogen and oxygen atoms in total. The van der Waals surface area contributed by atoms with E-state index in [1.807, 2.05) is 0 Å². The summed E-state index contributed by atoms with van der Waals surface area (Å²) in [5.74, 6) is 0. The van der Waals surface area contributed by atoms with Gasteiger partial charge in [0.15, 0.2) is 0 Å². The van der Waals surface area contributed by atoms with E-state index in [1.54, 1.807) is 0 Å². The van der Waals surface area contributed by atoms with Gasteiger partial charge in [-0.25, -0.2) is 0 Å². The molecule has 4 heteroatoms. The fourth-order valence-corrected chi connectivity index (χ4v) is 1.50. The van der Waals surface area contributed by atoms with Crippen molar-refractivity contribution < 1.29 is 13.2 Å². The lowest BCUT2D eigenvalue weighted by Gasteiger charge is -2.33. The lowest BCUT2D eigenvalue weighted by molar-refractivity contribution is -0.220. The summed E-state index contributed by atoms with van der Waals surface area (Å²) in [6.45, 7) is 3.23. The van der Waals surface area contributed by atoms with Crippen LogP contribution in [-0.2, 0) is 0 Å². The summed E-state index contributed by atoms with van der Waals surface area (Å²) >= 11 is 0. The van der Waals surface area contributed by atoms with Gasteiger partial charge in [-0.2, -0.15) is 13.2 Å². The largest absolute Gasteiger partial charge is 0.395 e. The molecule has 1 aliphatic heterocycles. The number of hydrogen-bond donors (Lipinski definition) is 1. The van der Waals surface area contributed by atoms with Gasteiger partial charge in [-0.15, -0.1) is 0 Å². The molecule has 1 heterocycles. The van der Waals surface area contributed by atoms with Crippen LogP contribution in [0.1, 0.15) is 26.7 Å². The normalized spacial score (nSPS) is 26.2. The molecule has 1 aliphatic rings. The van der Waals surface area contributed by atoms with Gasteiger partial charge in [-0.05, 0) is 33.2 Å². The Morgan fingerprint density at radius 3 is 2.17 bits per heavy atom. The molecule has 0 radical (unpaired) electrons. The van der Waals surface area contributed by atoms with Crippen molar-refractivity contribution in [2.24, 2.45) is 5.41 Å². The van der Waals surface area contributed by atoms with Gasteiger partial charge in [-0.1, -0.05) is 0 Å². The molecule has 12 heavy (non-hydrogen) atoms. The SMILES string of the molecule is CC(C)(C1CCCN1)C(F)(F)F. The van der Waals surface area contributed by atoms with Gasteiger partial charge < -0.3 is 5.32 Å². The Morgan fingerprint density at radius 2 is 1.83 bits per heavy atom. The van der Waals surface area contributed by atoms with Crippen molar-refractivity contribution in [1.29, 1.82) is 0 Å². The standard InChI is InChI=1S/C8H14F3N/c1-7(2,8(9,10)11)6-4-3-5-12-6/h6,12H,3-5H2,1-2H3. The summed E-state index contributed by atoms with van der Waals surface area (Å²) in [5.41, 5.74) is -1.59. The first-order valence-electron chi connectivity index (χ1n) is 4.16. The van der Waals surface area contributed by atoms with Crippen LogP contribution in [0, 0.1) is 5.41 Å². The molecule has 0 aliphatic carbocycles. The van der Waals surface area contributed by atoms with Crippen LogP contribution in [0.3, 0.4) is 0 Å². The highest BCUT2D eigenvalue weighted by Gasteiger charge is 2.52. The van der Waals surface area contributed by atoms with Crippen molar-refractivity contribution in [3.8, 4) is 0 Å². The first-order valence-corrected chi connectivity index (χ1v) is 4.16. The predicted molar refractivity (Wildman–Crippen MR) is 40.9 cm³/mol. The summed E-state index contributed by atoms with van der Waals surface area (Å²) < 4.78 is 37.3. The van der Waals surface area contributed by atoms with Crippen LogP contribution in [-0.4, -0.2) is 18.8 Å². The molecule has 1 atom stereocenters. The van der Waals surface area contributed by atoms with Crippen molar-refractivity contribution >= 4 is 0 Å². The Bertz CT molecular complexity index is 156. The second-order valence-corrected chi connectivity index (χ2v) is 3.87. The number of halogens is 3. The zero-order valence-electron chi connectivity index (χ0n) is 7.33. The van der Waals surface area contributed by atoms with Crippen LogP contribution in [0.4, 0.5) is 13.2 Å². The molecule has 72 valence electrons. The van der Waals surface area contributed by atoms with E-state index in [-0.39, 0.29) is 0 Å². The van der Waals surface area contributed by atoms with Crippen molar-refractivity contribution in [2.75, 3.05) is 6.54 Å². The molecule has 0 spiro atoms. The van der Waals surface area contributed by atoms with Crippen LogP contribution in [0.15, 0.2) is 0 Å². The minimum atomic E-state index is -4.10. The molecular formula is C8H14F3N. The van der Waals surface area contributed by atoms with E-state index in [2.05, 4.69) is 5.32 Å². The summed E-state index contributed by atoms with van der Waals surface area (Å²) in [6.07, 6.45) is -2.62. The quantitative estimate of drug-likeness (QED) is 0.654. The van der Waals surface area contributed by atoms with E-state index in [0.29, 0.717) is 13.0 Å². The van der Waals surface area contributed by atoms with Gasteiger partial charge in [0.25, 0.3) is 0 Å². The zero-order valence-corrected chi connectivity index (χ0v) is 7.33. The lowest BCUT2D eigenvalue weighted by Crippen LogP contribution is -2.47. The van der Waals surface area contributed by atoms with Crippen LogP contribution < -0.4 is 5.32 Å². The molecule has 0 saturated carbocycles. The first-order chi connectivity index (χ1) is 5.36. The fraction of sp³-hybridized carbons (Fsp3) is 1.00. The van der Waals surface area contributed by atoms with Gasteiger partial charge in [-0.3, -0.25) is 0 Å². The van der Waals surface area contributed by atoms with Crippen molar-refractivity contribution in [2.45, 2.75) is 38.9 Å². The minimum Gasteiger partial charge on any atom is -0.313 e. The smallest absolute Gasteiger partial charge is 0.313 e. The van der Waals surface area contributed by atoms with Gasteiger partial charge in [0.2, 0.25) is 0 Å². The van der Waals surface area contributed by atoms with Crippen molar-refractivity contribution in [3.05, 3.63) is 0 Å². The van der Waals surface area contributed by atoms with E-state index in [1.165, 1.54) is 13.8 Å². The van der Waals surface area contributed by atoms with Gasteiger partial charge in [0, 0.05) is 6.04 Å². The fourth-order valence-electron chi connectivity index (χ4n) is 1.50. The average Bonchev–Trinajstić information content (AvgIpc) is 2.34. The maximum atomic E-state index is 12.4. The third-order valence-corrected chi connectivity index (χ3v) is 2.66. The molecular weight excluding hydrogens is 167 g/mol. The first kappa shape index (κ1) is 9.84. The maximum absolute atomic E-state index is 12.4. The molecule has 1 N–H and O–H groups in total. The zero-order chi connectivity index (χ0) is 9.41. The molecule has 1 unspecified atom stereocenters. The van der Waals surface area contributed by atoms with Crippen molar-refractivity contribution in [3.63, 3.8) is 0 Å². The highest BCUT2D eigenvalue weighted by atomic mass is 19.4. The van der Waals surface area contributed by atoms with Gasteiger partial charge >= 0.3 is 6.18 Å². The van der Waals surface area contributed by atoms with Crippen LogP contribution >= 0.6 is 0 Å². The Labute approximate surface area is 70.3 Å². The predicted octanol–water partition coefficient (Wildman–Crippen LogP) is 2.33. The number of rotatable bonds is 1. The Hall–Kier alpha value is -0.250. The molecule has 0 aromatic heterocycles. The van der Waals surface area contributed by atoms with Crippen LogP contribution in [0.5, 0.6) is 0 Å². The van der Waals surface area contributed by atoms with Crippen molar-refractivity contribution in [1.82, 2.24) is 5.32 Å².